The minimum absolute atomic E-state index is 0.482. The van der Waals surface area contributed by atoms with Crippen molar-refractivity contribution in [3.63, 3.8) is 0 Å². The Bertz CT molecular complexity index is 573. The molecule has 1 aromatic heterocycles. The predicted octanol–water partition coefficient (Wildman–Crippen LogP) is 3.04. The summed E-state index contributed by atoms with van der Waals surface area (Å²) in [5.74, 6) is 0. The van der Waals surface area contributed by atoms with E-state index in [9.17, 15) is 0 Å². The normalized spacial score (nSPS) is 10.8. The van der Waals surface area contributed by atoms with Gasteiger partial charge in [0.15, 0.2) is 5.13 Å². The van der Waals surface area contributed by atoms with E-state index in [4.69, 9.17) is 22.1 Å². The van der Waals surface area contributed by atoms with Gasteiger partial charge in [-0.25, -0.2) is 4.98 Å². The number of anilines is 1. The van der Waals surface area contributed by atoms with E-state index in [0.717, 1.165) is 26.3 Å². The highest BCUT2D eigenvalue weighted by atomic mass is 35.5. The molecule has 2 rings (SSSR count). The largest absolute Gasteiger partial charge is 0.378 e. The highest BCUT2D eigenvalue weighted by Gasteiger charge is 2.14. The third-order valence-corrected chi connectivity index (χ3v) is 4.53. The number of nitrogens with two attached hydrogens (primary N) is 1. The molecule has 4 nitrogen and oxygen atoms in total. The van der Waals surface area contributed by atoms with Gasteiger partial charge in [-0.2, -0.15) is 0 Å². The van der Waals surface area contributed by atoms with Crippen LogP contribution in [-0.4, -0.2) is 19.1 Å². The zero-order valence-electron chi connectivity index (χ0n) is 11.6. The van der Waals surface area contributed by atoms with Gasteiger partial charge in [-0.1, -0.05) is 29.8 Å². The van der Waals surface area contributed by atoms with Crippen LogP contribution in [0.15, 0.2) is 24.3 Å². The SMILES string of the molecule is COCc1nc(N(C)Cc2ccccc2Cl)sc1CN. The van der Waals surface area contributed by atoms with Crippen molar-refractivity contribution < 1.29 is 4.74 Å². The summed E-state index contributed by atoms with van der Waals surface area (Å²) in [6.45, 7) is 1.68. The number of rotatable bonds is 6. The number of hydrogen-bond donors (Lipinski definition) is 1. The van der Waals surface area contributed by atoms with Gasteiger partial charge in [0, 0.05) is 37.1 Å². The van der Waals surface area contributed by atoms with Gasteiger partial charge < -0.3 is 15.4 Å². The molecule has 2 aromatic rings. The lowest BCUT2D eigenvalue weighted by Gasteiger charge is -2.16. The van der Waals surface area contributed by atoms with Gasteiger partial charge in [-0.15, -0.1) is 11.3 Å². The molecule has 1 aromatic carbocycles. The summed E-state index contributed by atoms with van der Waals surface area (Å²) in [6.07, 6.45) is 0. The van der Waals surface area contributed by atoms with Gasteiger partial charge in [0.05, 0.1) is 12.3 Å². The molecule has 0 aliphatic rings. The van der Waals surface area contributed by atoms with Gasteiger partial charge in [0.1, 0.15) is 0 Å². The molecular weight excluding hydrogens is 294 g/mol. The molecule has 0 aliphatic carbocycles. The van der Waals surface area contributed by atoms with Gasteiger partial charge in [-0.05, 0) is 11.6 Å². The first-order valence-corrected chi connectivity index (χ1v) is 7.47. The molecule has 20 heavy (non-hydrogen) atoms. The van der Waals surface area contributed by atoms with Gasteiger partial charge in [0.25, 0.3) is 0 Å². The lowest BCUT2D eigenvalue weighted by Crippen LogP contribution is -2.16. The first-order chi connectivity index (χ1) is 9.65. The number of hydrogen-bond acceptors (Lipinski definition) is 5. The lowest BCUT2D eigenvalue weighted by molar-refractivity contribution is 0.181. The number of methoxy groups -OCH3 is 1. The Morgan fingerprint density at radius 1 is 1.40 bits per heavy atom. The predicted molar refractivity (Wildman–Crippen MR) is 84.3 cm³/mol. The van der Waals surface area contributed by atoms with E-state index < -0.39 is 0 Å². The Kier molecular flexibility index (Phi) is 5.37. The fourth-order valence-electron chi connectivity index (χ4n) is 1.89. The van der Waals surface area contributed by atoms with Crippen LogP contribution >= 0.6 is 22.9 Å². The third kappa shape index (κ3) is 3.49. The first-order valence-electron chi connectivity index (χ1n) is 6.27. The summed E-state index contributed by atoms with van der Waals surface area (Å²) in [6, 6.07) is 7.83. The maximum Gasteiger partial charge on any atom is 0.185 e. The van der Waals surface area contributed by atoms with Crippen LogP contribution in [0.5, 0.6) is 0 Å². The van der Waals surface area contributed by atoms with Crippen LogP contribution in [0.1, 0.15) is 16.1 Å². The average molecular weight is 312 g/mol. The summed E-state index contributed by atoms with van der Waals surface area (Å²) in [5, 5.41) is 1.70. The number of thiazole rings is 1. The maximum absolute atomic E-state index is 6.19. The van der Waals surface area contributed by atoms with Crippen LogP contribution < -0.4 is 10.6 Å². The van der Waals surface area contributed by atoms with E-state index in [2.05, 4.69) is 9.88 Å². The lowest BCUT2D eigenvalue weighted by atomic mass is 10.2. The molecule has 1 heterocycles. The quantitative estimate of drug-likeness (QED) is 0.891. The molecule has 0 aliphatic heterocycles. The monoisotopic (exact) mass is 311 g/mol. The van der Waals surface area contributed by atoms with Crippen LogP contribution in [0.4, 0.5) is 5.13 Å². The number of halogens is 1. The minimum atomic E-state index is 0.482. The van der Waals surface area contributed by atoms with Crippen LogP contribution in [0.2, 0.25) is 5.02 Å². The van der Waals surface area contributed by atoms with E-state index in [1.807, 2.05) is 31.3 Å². The van der Waals surface area contributed by atoms with Crippen molar-refractivity contribution in [3.8, 4) is 0 Å². The molecule has 0 unspecified atom stereocenters. The van der Waals surface area contributed by atoms with E-state index >= 15 is 0 Å². The van der Waals surface area contributed by atoms with Crippen LogP contribution in [-0.2, 0) is 24.4 Å². The zero-order chi connectivity index (χ0) is 14.5. The number of aromatic nitrogens is 1. The first kappa shape index (κ1) is 15.3. The molecular formula is C14H18ClN3OS. The van der Waals surface area contributed by atoms with Gasteiger partial charge in [-0.3, -0.25) is 0 Å². The van der Waals surface area contributed by atoms with Crippen LogP contribution in [0.25, 0.3) is 0 Å². The highest BCUT2D eigenvalue weighted by molar-refractivity contribution is 7.15. The molecule has 0 radical (unpaired) electrons. The number of nitrogens with zero attached hydrogens (tertiary/aromatic N) is 2. The Morgan fingerprint density at radius 3 is 2.80 bits per heavy atom. The molecule has 0 amide bonds. The van der Waals surface area contributed by atoms with E-state index in [1.165, 1.54) is 0 Å². The Labute approximate surface area is 128 Å². The second-order valence-electron chi connectivity index (χ2n) is 4.45. The second kappa shape index (κ2) is 7.04. The molecule has 108 valence electrons. The molecule has 6 heteroatoms. The molecule has 0 bridgehead atoms. The van der Waals surface area contributed by atoms with Crippen molar-refractivity contribution >= 4 is 28.1 Å². The smallest absolute Gasteiger partial charge is 0.185 e. The standard InChI is InChI=1S/C14H18ClN3OS/c1-18(8-10-5-3-4-6-11(10)15)14-17-12(9-19-2)13(7-16)20-14/h3-6H,7-9,16H2,1-2H3. The van der Waals surface area contributed by atoms with Crippen molar-refractivity contribution in [2.24, 2.45) is 5.73 Å². The van der Waals surface area contributed by atoms with Crippen molar-refractivity contribution in [1.29, 1.82) is 0 Å². The molecule has 0 spiro atoms. The number of ether oxygens (including phenoxy) is 1. The Morgan fingerprint density at radius 2 is 2.15 bits per heavy atom. The summed E-state index contributed by atoms with van der Waals surface area (Å²) in [5.41, 5.74) is 7.74. The fraction of sp³-hybridized carbons (Fsp3) is 0.357. The van der Waals surface area contributed by atoms with Gasteiger partial charge >= 0.3 is 0 Å². The average Bonchev–Trinajstić information content (AvgIpc) is 2.85. The van der Waals surface area contributed by atoms with Crippen LogP contribution in [0.3, 0.4) is 0 Å². The van der Waals surface area contributed by atoms with Crippen molar-refractivity contribution in [2.45, 2.75) is 19.7 Å². The third-order valence-electron chi connectivity index (χ3n) is 2.93. The van der Waals surface area contributed by atoms with Crippen molar-refractivity contribution in [1.82, 2.24) is 4.98 Å². The van der Waals surface area contributed by atoms with Crippen LogP contribution in [0, 0.1) is 0 Å². The van der Waals surface area contributed by atoms with Crippen molar-refractivity contribution in [2.75, 3.05) is 19.1 Å². The number of benzene rings is 1. The zero-order valence-corrected chi connectivity index (χ0v) is 13.2. The summed E-state index contributed by atoms with van der Waals surface area (Å²) in [7, 11) is 3.66. The summed E-state index contributed by atoms with van der Waals surface area (Å²) < 4.78 is 5.15. The van der Waals surface area contributed by atoms with E-state index in [0.29, 0.717) is 19.7 Å². The highest BCUT2D eigenvalue weighted by Crippen LogP contribution is 2.28. The molecule has 2 N–H and O–H groups in total. The second-order valence-corrected chi connectivity index (χ2v) is 5.92. The molecule has 0 fully saturated rings. The Balaban J connectivity index is 2.17. The van der Waals surface area contributed by atoms with E-state index in [-0.39, 0.29) is 0 Å². The maximum atomic E-state index is 6.19. The van der Waals surface area contributed by atoms with E-state index in [1.54, 1.807) is 18.4 Å². The fourth-order valence-corrected chi connectivity index (χ4v) is 2.99. The summed E-state index contributed by atoms with van der Waals surface area (Å²) in [4.78, 5) is 7.73. The topological polar surface area (TPSA) is 51.4 Å². The molecule has 0 saturated carbocycles. The van der Waals surface area contributed by atoms with Gasteiger partial charge in [0.2, 0.25) is 0 Å². The van der Waals surface area contributed by atoms with Crippen molar-refractivity contribution in [3.05, 3.63) is 45.4 Å². The Hall–Kier alpha value is -1.14. The minimum Gasteiger partial charge on any atom is -0.378 e. The molecule has 0 saturated heterocycles. The summed E-state index contributed by atoms with van der Waals surface area (Å²) >= 11 is 7.78. The molecule has 0 atom stereocenters.